The molecule has 4 nitrogen and oxygen atoms in total. The third-order valence-corrected chi connectivity index (χ3v) is 4.19. The minimum Gasteiger partial charge on any atom is -0.352 e. The second kappa shape index (κ2) is 9.02. The summed E-state index contributed by atoms with van der Waals surface area (Å²) in [6.45, 7) is 6.77. The second-order valence-electron chi connectivity index (χ2n) is 6.27. The van der Waals surface area contributed by atoms with Crippen LogP contribution in [0.5, 0.6) is 0 Å². The summed E-state index contributed by atoms with van der Waals surface area (Å²) in [5, 5.41) is 5.71. The molecule has 0 aromatic heterocycles. The van der Waals surface area contributed by atoms with Crippen molar-refractivity contribution in [3.05, 3.63) is 64.7 Å². The maximum atomic E-state index is 12.3. The third kappa shape index (κ3) is 5.45. The molecule has 25 heavy (non-hydrogen) atoms. The van der Waals surface area contributed by atoms with E-state index in [1.165, 1.54) is 11.1 Å². The number of amides is 2. The first-order valence-corrected chi connectivity index (χ1v) is 8.74. The Morgan fingerprint density at radius 1 is 1.00 bits per heavy atom. The van der Waals surface area contributed by atoms with Gasteiger partial charge in [-0.2, -0.15) is 0 Å². The fourth-order valence-electron chi connectivity index (χ4n) is 2.55. The van der Waals surface area contributed by atoms with E-state index in [1.54, 1.807) is 18.2 Å². The van der Waals surface area contributed by atoms with Crippen molar-refractivity contribution in [2.75, 3.05) is 11.9 Å². The van der Waals surface area contributed by atoms with Gasteiger partial charge >= 0.3 is 0 Å². The Hall–Kier alpha value is -2.62. The number of carbonyl (C=O) groups is 2. The van der Waals surface area contributed by atoms with Gasteiger partial charge in [0.2, 0.25) is 5.91 Å². The number of hydrogen-bond donors (Lipinski definition) is 2. The molecule has 0 radical (unpaired) electrons. The number of anilines is 1. The molecule has 0 saturated heterocycles. The quantitative estimate of drug-likeness (QED) is 0.801. The number of nitrogens with one attached hydrogen (secondary N) is 2. The first-order valence-electron chi connectivity index (χ1n) is 8.74. The van der Waals surface area contributed by atoms with E-state index in [2.05, 4.69) is 42.7 Å². The highest BCUT2D eigenvalue weighted by molar-refractivity contribution is 6.03. The predicted octanol–water partition coefficient (Wildman–Crippen LogP) is 4.01. The molecule has 0 unspecified atom stereocenters. The van der Waals surface area contributed by atoms with E-state index < -0.39 is 0 Å². The Bertz CT molecular complexity index is 753. The highest BCUT2D eigenvalue weighted by Gasteiger charge is 2.12. The van der Waals surface area contributed by atoms with Gasteiger partial charge in [0.05, 0.1) is 11.3 Å². The van der Waals surface area contributed by atoms with Crippen molar-refractivity contribution in [3.63, 3.8) is 0 Å². The topological polar surface area (TPSA) is 58.2 Å². The van der Waals surface area contributed by atoms with Crippen molar-refractivity contribution in [2.45, 2.75) is 40.0 Å². The van der Waals surface area contributed by atoms with E-state index >= 15 is 0 Å². The van der Waals surface area contributed by atoms with E-state index in [-0.39, 0.29) is 11.8 Å². The van der Waals surface area contributed by atoms with Crippen LogP contribution >= 0.6 is 0 Å². The molecular weight excluding hydrogens is 312 g/mol. The molecule has 0 aliphatic heterocycles. The van der Waals surface area contributed by atoms with Crippen LogP contribution in [0.3, 0.4) is 0 Å². The molecule has 0 bridgehead atoms. The number of para-hydroxylation sites is 1. The highest BCUT2D eigenvalue weighted by atomic mass is 16.2. The summed E-state index contributed by atoms with van der Waals surface area (Å²) >= 11 is 0. The van der Waals surface area contributed by atoms with Crippen molar-refractivity contribution < 1.29 is 9.59 Å². The molecule has 0 aliphatic rings. The molecule has 0 aliphatic carbocycles. The first-order chi connectivity index (χ1) is 12.0. The van der Waals surface area contributed by atoms with Gasteiger partial charge in [-0.25, -0.2) is 0 Å². The minimum absolute atomic E-state index is 0.0889. The normalized spacial score (nSPS) is 10.4. The number of hydrogen-bond acceptors (Lipinski definition) is 2. The average molecular weight is 338 g/mol. The number of carbonyl (C=O) groups excluding carboxylic acids is 2. The number of benzene rings is 2. The van der Waals surface area contributed by atoms with E-state index in [4.69, 9.17) is 0 Å². The van der Waals surface area contributed by atoms with Crippen LogP contribution in [0.15, 0.2) is 42.5 Å². The standard InChI is InChI=1S/C21H26N2O2/c1-4-13-22-21(25)18-7-5-6-8-19(18)23-20(24)12-11-17-10-9-15(2)16(3)14-17/h5-10,14H,4,11-13H2,1-3H3,(H,22,25)(H,23,24). The van der Waals surface area contributed by atoms with Crippen LogP contribution in [0.1, 0.15) is 46.8 Å². The summed E-state index contributed by atoms with van der Waals surface area (Å²) < 4.78 is 0. The Kier molecular flexibility index (Phi) is 6.75. The highest BCUT2D eigenvalue weighted by Crippen LogP contribution is 2.16. The van der Waals surface area contributed by atoms with Gasteiger partial charge in [0.15, 0.2) is 0 Å². The van der Waals surface area contributed by atoms with Crippen LogP contribution in [-0.2, 0) is 11.2 Å². The molecule has 0 fully saturated rings. The molecule has 0 atom stereocenters. The van der Waals surface area contributed by atoms with Crippen molar-refractivity contribution in [3.8, 4) is 0 Å². The fraction of sp³-hybridized carbons (Fsp3) is 0.333. The molecule has 4 heteroatoms. The lowest BCUT2D eigenvalue weighted by Crippen LogP contribution is -2.25. The Morgan fingerprint density at radius 2 is 1.76 bits per heavy atom. The lowest BCUT2D eigenvalue weighted by molar-refractivity contribution is -0.116. The molecular formula is C21H26N2O2. The van der Waals surface area contributed by atoms with Crippen LogP contribution < -0.4 is 10.6 Å². The van der Waals surface area contributed by atoms with Crippen LogP contribution in [-0.4, -0.2) is 18.4 Å². The smallest absolute Gasteiger partial charge is 0.253 e. The van der Waals surface area contributed by atoms with Gasteiger partial charge in [-0.05, 0) is 55.5 Å². The number of aryl methyl sites for hydroxylation is 3. The van der Waals surface area contributed by atoms with E-state index in [0.29, 0.717) is 30.6 Å². The zero-order valence-corrected chi connectivity index (χ0v) is 15.2. The predicted molar refractivity (Wildman–Crippen MR) is 102 cm³/mol. The summed E-state index contributed by atoms with van der Waals surface area (Å²) in [4.78, 5) is 24.5. The molecule has 0 saturated carbocycles. The zero-order valence-electron chi connectivity index (χ0n) is 15.2. The molecule has 2 N–H and O–H groups in total. The van der Waals surface area contributed by atoms with Crippen molar-refractivity contribution in [1.29, 1.82) is 0 Å². The van der Waals surface area contributed by atoms with Gasteiger partial charge in [-0.15, -0.1) is 0 Å². The molecule has 0 spiro atoms. The van der Waals surface area contributed by atoms with E-state index in [0.717, 1.165) is 12.0 Å². The van der Waals surface area contributed by atoms with Gasteiger partial charge in [-0.1, -0.05) is 37.3 Å². The van der Waals surface area contributed by atoms with Crippen LogP contribution in [0.2, 0.25) is 0 Å². The molecule has 2 aromatic rings. The van der Waals surface area contributed by atoms with Crippen molar-refractivity contribution >= 4 is 17.5 Å². The fourth-order valence-corrected chi connectivity index (χ4v) is 2.55. The van der Waals surface area contributed by atoms with Crippen LogP contribution in [0.25, 0.3) is 0 Å². The largest absolute Gasteiger partial charge is 0.352 e. The molecule has 2 amide bonds. The van der Waals surface area contributed by atoms with Crippen LogP contribution in [0.4, 0.5) is 5.69 Å². The lowest BCUT2D eigenvalue weighted by atomic mass is 10.0. The molecule has 2 rings (SSSR count). The van der Waals surface area contributed by atoms with Gasteiger partial charge < -0.3 is 10.6 Å². The van der Waals surface area contributed by atoms with Crippen molar-refractivity contribution in [2.24, 2.45) is 0 Å². The number of rotatable bonds is 7. The molecule has 2 aromatic carbocycles. The summed E-state index contributed by atoms with van der Waals surface area (Å²) in [7, 11) is 0. The van der Waals surface area contributed by atoms with Gasteiger partial charge in [-0.3, -0.25) is 9.59 Å². The van der Waals surface area contributed by atoms with Crippen LogP contribution in [0, 0.1) is 13.8 Å². The third-order valence-electron chi connectivity index (χ3n) is 4.19. The second-order valence-corrected chi connectivity index (χ2v) is 6.27. The SMILES string of the molecule is CCCNC(=O)c1ccccc1NC(=O)CCc1ccc(C)c(C)c1. The summed E-state index contributed by atoms with van der Waals surface area (Å²) in [5.74, 6) is -0.249. The van der Waals surface area contributed by atoms with Gasteiger partial charge in [0.1, 0.15) is 0 Å². The zero-order chi connectivity index (χ0) is 18.2. The Morgan fingerprint density at radius 3 is 2.48 bits per heavy atom. The maximum Gasteiger partial charge on any atom is 0.253 e. The summed E-state index contributed by atoms with van der Waals surface area (Å²) in [6, 6.07) is 13.4. The molecule has 0 heterocycles. The summed E-state index contributed by atoms with van der Waals surface area (Å²) in [5.41, 5.74) is 4.68. The van der Waals surface area contributed by atoms with E-state index in [1.807, 2.05) is 13.0 Å². The maximum absolute atomic E-state index is 12.3. The molecule has 132 valence electrons. The van der Waals surface area contributed by atoms with Gasteiger partial charge in [0.25, 0.3) is 5.91 Å². The monoisotopic (exact) mass is 338 g/mol. The van der Waals surface area contributed by atoms with E-state index in [9.17, 15) is 9.59 Å². The van der Waals surface area contributed by atoms with Gasteiger partial charge in [0, 0.05) is 13.0 Å². The average Bonchev–Trinajstić information content (AvgIpc) is 2.61. The minimum atomic E-state index is -0.160. The summed E-state index contributed by atoms with van der Waals surface area (Å²) in [6.07, 6.45) is 1.93. The Labute approximate surface area is 149 Å². The lowest BCUT2D eigenvalue weighted by Gasteiger charge is -2.11. The first kappa shape index (κ1) is 18.7. The Balaban J connectivity index is 1.98. The van der Waals surface area contributed by atoms with Crippen molar-refractivity contribution in [1.82, 2.24) is 5.32 Å².